The van der Waals surface area contributed by atoms with Crippen LogP contribution in [0.2, 0.25) is 0 Å². The van der Waals surface area contributed by atoms with E-state index in [1.54, 1.807) is 6.92 Å². The smallest absolute Gasteiger partial charge is 0.326 e. The number of fused-ring (bicyclic) bond motifs is 1. The Balaban J connectivity index is 2.13. The number of carbonyl (C=O) groups excluding carboxylic acids is 1. The second kappa shape index (κ2) is 7.53. The van der Waals surface area contributed by atoms with Gasteiger partial charge in [-0.05, 0) is 32.1 Å². The van der Waals surface area contributed by atoms with E-state index in [1.807, 2.05) is 0 Å². The maximum absolute atomic E-state index is 12.8. The lowest BCUT2D eigenvalue weighted by atomic mass is 9.84. The zero-order valence-electron chi connectivity index (χ0n) is 13.1. The molecule has 0 aromatic rings. The number of likely N-dealkylation sites (tertiary alicyclic amines) is 1. The highest BCUT2D eigenvalue weighted by molar-refractivity contribution is 7.80. The minimum atomic E-state index is -1.08. The average Bonchev–Trinajstić information content (AvgIpc) is 2.90. The van der Waals surface area contributed by atoms with E-state index < -0.39 is 30.1 Å². The van der Waals surface area contributed by atoms with Crippen LogP contribution in [0.4, 0.5) is 0 Å². The number of thiol groups is 1. The van der Waals surface area contributed by atoms with Gasteiger partial charge in [-0.2, -0.15) is 12.6 Å². The van der Waals surface area contributed by atoms with E-state index in [4.69, 9.17) is 5.11 Å². The molecule has 1 saturated carbocycles. The number of carboxylic acids is 2. The zero-order valence-corrected chi connectivity index (χ0v) is 14.0. The van der Waals surface area contributed by atoms with Crippen molar-refractivity contribution in [3.63, 3.8) is 0 Å². The van der Waals surface area contributed by atoms with Gasteiger partial charge in [-0.1, -0.05) is 12.8 Å². The van der Waals surface area contributed by atoms with Crippen molar-refractivity contribution in [3.8, 4) is 0 Å². The molecule has 0 aromatic carbocycles. The van der Waals surface area contributed by atoms with Crippen molar-refractivity contribution >= 4 is 30.5 Å². The summed E-state index contributed by atoms with van der Waals surface area (Å²) in [7, 11) is 0. The minimum Gasteiger partial charge on any atom is -0.480 e. The minimum absolute atomic E-state index is 0.0409. The van der Waals surface area contributed by atoms with Crippen molar-refractivity contribution in [1.82, 2.24) is 10.2 Å². The summed E-state index contributed by atoms with van der Waals surface area (Å²) in [4.78, 5) is 36.9. The van der Waals surface area contributed by atoms with Gasteiger partial charge in [-0.3, -0.25) is 14.9 Å². The second-order valence-electron chi connectivity index (χ2n) is 6.41. The Bertz CT molecular complexity index is 486. The topological polar surface area (TPSA) is 107 Å². The van der Waals surface area contributed by atoms with Gasteiger partial charge in [-0.15, -0.1) is 0 Å². The number of carboxylic acid groups (broad SMARTS) is 2. The van der Waals surface area contributed by atoms with E-state index >= 15 is 0 Å². The Labute approximate surface area is 140 Å². The predicted molar refractivity (Wildman–Crippen MR) is 86.5 cm³/mol. The molecule has 23 heavy (non-hydrogen) atoms. The van der Waals surface area contributed by atoms with E-state index in [-0.39, 0.29) is 23.6 Å². The molecule has 1 heterocycles. The van der Waals surface area contributed by atoms with Crippen LogP contribution in [0.3, 0.4) is 0 Å². The molecule has 1 aliphatic heterocycles. The molecule has 8 heteroatoms. The molecule has 5 atom stereocenters. The largest absolute Gasteiger partial charge is 0.480 e. The first kappa shape index (κ1) is 18.1. The van der Waals surface area contributed by atoms with E-state index in [1.165, 1.54) is 4.90 Å². The van der Waals surface area contributed by atoms with Crippen LogP contribution in [0.25, 0.3) is 0 Å². The monoisotopic (exact) mass is 344 g/mol. The lowest BCUT2D eigenvalue weighted by Gasteiger charge is -2.35. The van der Waals surface area contributed by atoms with E-state index in [0.29, 0.717) is 6.42 Å². The van der Waals surface area contributed by atoms with E-state index in [2.05, 4.69) is 17.9 Å². The van der Waals surface area contributed by atoms with Crippen LogP contribution in [0.5, 0.6) is 0 Å². The van der Waals surface area contributed by atoms with Crippen molar-refractivity contribution in [2.45, 2.75) is 63.2 Å². The van der Waals surface area contributed by atoms with Gasteiger partial charge in [0.05, 0.1) is 6.04 Å². The van der Waals surface area contributed by atoms with Crippen molar-refractivity contribution in [2.75, 3.05) is 5.75 Å². The number of hydrogen-bond donors (Lipinski definition) is 4. The Morgan fingerprint density at radius 3 is 2.48 bits per heavy atom. The van der Waals surface area contributed by atoms with Gasteiger partial charge >= 0.3 is 11.9 Å². The molecule has 130 valence electrons. The van der Waals surface area contributed by atoms with Crippen LogP contribution in [-0.2, 0) is 14.4 Å². The fourth-order valence-electron chi connectivity index (χ4n) is 3.80. The molecule has 7 nitrogen and oxygen atoms in total. The fraction of sp³-hybridized carbons (Fsp3) is 0.800. The van der Waals surface area contributed by atoms with Crippen molar-refractivity contribution in [1.29, 1.82) is 0 Å². The maximum Gasteiger partial charge on any atom is 0.326 e. The summed E-state index contributed by atoms with van der Waals surface area (Å²) in [5.74, 6) is -2.10. The first-order valence-corrected chi connectivity index (χ1v) is 8.64. The Morgan fingerprint density at radius 1 is 1.26 bits per heavy atom. The Hall–Kier alpha value is -1.28. The standard InChI is InChI=1S/C15H24N2O5S/c1-8(16-10(7-23)14(19)20)13(18)17-11-5-3-2-4-9(11)6-12(17)15(21)22/h8-12,16,23H,2-7H2,1H3,(H,19,20)(H,21,22)/t8?,9-,10+,11-,12+/m1/s1. The number of amides is 1. The normalized spacial score (nSPS) is 29.7. The SMILES string of the molecule is CC(N[C@@H](CS)C(=O)O)C(=O)N1[C@@H]2CCCC[C@@H]2C[C@H]1C(=O)O. The number of aliphatic carboxylic acids is 2. The molecule has 1 amide bonds. The van der Waals surface area contributed by atoms with Crippen molar-refractivity contribution in [3.05, 3.63) is 0 Å². The van der Waals surface area contributed by atoms with Gasteiger partial charge in [0.1, 0.15) is 12.1 Å². The first-order valence-electron chi connectivity index (χ1n) is 8.01. The second-order valence-corrected chi connectivity index (χ2v) is 6.77. The number of hydrogen-bond acceptors (Lipinski definition) is 5. The summed E-state index contributed by atoms with van der Waals surface area (Å²) in [5, 5.41) is 21.3. The van der Waals surface area contributed by atoms with Crippen LogP contribution < -0.4 is 5.32 Å². The van der Waals surface area contributed by atoms with Crippen molar-refractivity contribution in [2.24, 2.45) is 5.92 Å². The predicted octanol–water partition coefficient (Wildman–Crippen LogP) is 0.592. The lowest BCUT2D eigenvalue weighted by Crippen LogP contribution is -2.55. The van der Waals surface area contributed by atoms with Gasteiger partial charge in [0.15, 0.2) is 0 Å². The highest BCUT2D eigenvalue weighted by atomic mass is 32.1. The van der Waals surface area contributed by atoms with Crippen LogP contribution >= 0.6 is 12.6 Å². The summed E-state index contributed by atoms with van der Waals surface area (Å²) in [6.07, 6.45) is 4.33. The molecule has 0 spiro atoms. The third-order valence-electron chi connectivity index (χ3n) is 4.93. The van der Waals surface area contributed by atoms with Crippen LogP contribution in [-0.4, -0.2) is 62.9 Å². The average molecular weight is 344 g/mol. The highest BCUT2D eigenvalue weighted by Gasteiger charge is 2.48. The van der Waals surface area contributed by atoms with Crippen LogP contribution in [0.1, 0.15) is 39.0 Å². The van der Waals surface area contributed by atoms with Gasteiger partial charge in [-0.25, -0.2) is 4.79 Å². The summed E-state index contributed by atoms with van der Waals surface area (Å²) >= 11 is 3.97. The molecule has 1 saturated heterocycles. The molecule has 2 rings (SSSR count). The number of nitrogens with one attached hydrogen (secondary N) is 1. The summed E-state index contributed by atoms with van der Waals surface area (Å²) in [6.45, 7) is 1.58. The van der Waals surface area contributed by atoms with Gasteiger partial charge in [0.2, 0.25) is 5.91 Å². The molecule has 1 unspecified atom stereocenters. The third-order valence-corrected chi connectivity index (χ3v) is 5.30. The van der Waals surface area contributed by atoms with Gasteiger partial charge in [0, 0.05) is 11.8 Å². The lowest BCUT2D eigenvalue weighted by molar-refractivity contribution is -0.151. The highest BCUT2D eigenvalue weighted by Crippen LogP contribution is 2.40. The molecule has 0 aromatic heterocycles. The summed E-state index contributed by atoms with van der Waals surface area (Å²) in [5.41, 5.74) is 0. The van der Waals surface area contributed by atoms with Gasteiger partial charge < -0.3 is 15.1 Å². The number of nitrogens with zero attached hydrogens (tertiary/aromatic N) is 1. The Morgan fingerprint density at radius 2 is 1.91 bits per heavy atom. The van der Waals surface area contributed by atoms with E-state index in [0.717, 1.165) is 25.7 Å². The van der Waals surface area contributed by atoms with Crippen LogP contribution in [0, 0.1) is 5.92 Å². The quantitative estimate of drug-likeness (QED) is 0.526. The molecule has 0 bridgehead atoms. The molecular formula is C15H24N2O5S. The summed E-state index contributed by atoms with van der Waals surface area (Å²) < 4.78 is 0. The molecule has 2 aliphatic rings. The molecule has 1 aliphatic carbocycles. The van der Waals surface area contributed by atoms with Crippen LogP contribution in [0.15, 0.2) is 0 Å². The number of rotatable bonds is 6. The molecular weight excluding hydrogens is 320 g/mol. The van der Waals surface area contributed by atoms with Crippen molar-refractivity contribution < 1.29 is 24.6 Å². The fourth-order valence-corrected chi connectivity index (χ4v) is 4.06. The zero-order chi connectivity index (χ0) is 17.1. The Kier molecular flexibility index (Phi) is 5.91. The molecule has 0 radical (unpaired) electrons. The first-order chi connectivity index (χ1) is 10.9. The summed E-state index contributed by atoms with van der Waals surface area (Å²) in [6, 6.07) is -2.55. The van der Waals surface area contributed by atoms with Gasteiger partial charge in [0.25, 0.3) is 0 Å². The third kappa shape index (κ3) is 3.80. The molecule has 3 N–H and O–H groups in total. The number of carbonyl (C=O) groups is 3. The molecule has 2 fully saturated rings. The van der Waals surface area contributed by atoms with E-state index in [9.17, 15) is 19.5 Å². The maximum atomic E-state index is 12.8.